The molecule has 322 valence electrons. The molecule has 1 aliphatic carbocycles. The fourth-order valence-electron chi connectivity index (χ4n) is 7.66. The zero-order valence-electron chi connectivity index (χ0n) is 36.2. The van der Waals surface area contributed by atoms with Gasteiger partial charge in [0.05, 0.1) is 12.6 Å². The Morgan fingerprint density at radius 2 is 1.33 bits per heavy atom. The van der Waals surface area contributed by atoms with Crippen LogP contribution in [-0.4, -0.2) is 120 Å². The van der Waals surface area contributed by atoms with E-state index in [9.17, 15) is 38.8 Å². The van der Waals surface area contributed by atoms with Crippen LogP contribution in [-0.2, 0) is 38.3 Å². The van der Waals surface area contributed by atoms with Crippen molar-refractivity contribution >= 4 is 41.4 Å². The van der Waals surface area contributed by atoms with Crippen LogP contribution in [0.3, 0.4) is 0 Å². The molecule has 7 atom stereocenters. The maximum atomic E-state index is 14.5. The van der Waals surface area contributed by atoms with Crippen molar-refractivity contribution in [3.8, 4) is 6.07 Å². The number of likely N-dealkylation sites (N-methyl/N-ethyl adjacent to an activating group) is 3. The second-order valence-electron chi connectivity index (χ2n) is 17.2. The van der Waals surface area contributed by atoms with Gasteiger partial charge in [-0.25, -0.2) is 4.79 Å². The van der Waals surface area contributed by atoms with Gasteiger partial charge in [0, 0.05) is 34.0 Å². The van der Waals surface area contributed by atoms with E-state index in [1.165, 1.54) is 35.7 Å². The molecular weight excluding hydrogens is 731 g/mol. The van der Waals surface area contributed by atoms with Crippen molar-refractivity contribution in [1.82, 2.24) is 30.7 Å². The summed E-state index contributed by atoms with van der Waals surface area (Å²) in [6, 6.07) is -3.27. The van der Waals surface area contributed by atoms with Gasteiger partial charge in [0.25, 0.3) is 5.91 Å². The third-order valence-corrected chi connectivity index (χ3v) is 11.4. The number of rotatable bonds is 13. The van der Waals surface area contributed by atoms with Crippen LogP contribution in [0.5, 0.6) is 0 Å². The average Bonchev–Trinajstić information content (AvgIpc) is 3.69. The van der Waals surface area contributed by atoms with Gasteiger partial charge in [-0.3, -0.25) is 28.8 Å². The van der Waals surface area contributed by atoms with Crippen molar-refractivity contribution in [3.05, 3.63) is 0 Å². The first kappa shape index (κ1) is 48.9. The molecule has 3 N–H and O–H groups in total. The van der Waals surface area contributed by atoms with E-state index in [1.807, 2.05) is 40.7 Å². The maximum Gasteiger partial charge on any atom is 0.329 e. The summed E-state index contributed by atoms with van der Waals surface area (Å²) in [6.45, 7) is 12.7. The average molecular weight is 802 g/mol. The standard InChI is InChI=1S/C42H71N7O8/c1-11-12-16-28(6)23-32-40(54)47(8)29(7)42(56)57-35(19-15-20-43)39(53)44-25-36(50)48(9)33(22-27(4)5)37(51)45-31(21-26(2)3)41(55)49(10)34(38(52)46-32)24-30-17-13-14-18-30/h26-35H,11-19,21-25H2,1-10H3,(H,44,53)(H,45,51)(H,46,52)/t28-,29+,31+,32+,33+,34+,35-/m1/s1. The number of nitrogens with zero attached hydrogens (tertiary/aromatic N) is 4. The summed E-state index contributed by atoms with van der Waals surface area (Å²) < 4.78 is 5.58. The molecule has 2 rings (SSSR count). The minimum Gasteiger partial charge on any atom is -0.451 e. The number of ether oxygens (including phenoxy) is 1. The van der Waals surface area contributed by atoms with Crippen LogP contribution >= 0.6 is 0 Å². The molecule has 15 nitrogen and oxygen atoms in total. The number of cyclic esters (lactones) is 1. The number of hydrogen-bond donors (Lipinski definition) is 3. The molecule has 1 aliphatic heterocycles. The number of carbonyl (C=O) groups excluding carboxylic acids is 7. The van der Waals surface area contributed by atoms with E-state index in [2.05, 4.69) is 22.9 Å². The van der Waals surface area contributed by atoms with E-state index in [-0.39, 0.29) is 55.8 Å². The van der Waals surface area contributed by atoms with Crippen molar-refractivity contribution < 1.29 is 38.3 Å². The summed E-state index contributed by atoms with van der Waals surface area (Å²) in [5, 5.41) is 17.7. The third-order valence-electron chi connectivity index (χ3n) is 11.4. The Kier molecular flexibility index (Phi) is 20.5. The fraction of sp³-hybridized carbons (Fsp3) is 0.810. The third kappa shape index (κ3) is 15.2. The number of esters is 1. The van der Waals surface area contributed by atoms with Crippen molar-refractivity contribution in [3.63, 3.8) is 0 Å². The van der Waals surface area contributed by atoms with Gasteiger partial charge in [-0.15, -0.1) is 0 Å². The molecule has 0 radical (unpaired) electrons. The lowest BCUT2D eigenvalue weighted by Gasteiger charge is -2.36. The molecule has 1 heterocycles. The Labute approximate surface area is 340 Å². The lowest BCUT2D eigenvalue weighted by Crippen LogP contribution is -2.60. The first-order valence-corrected chi connectivity index (χ1v) is 21.1. The zero-order chi connectivity index (χ0) is 43.0. The molecule has 0 aromatic heterocycles. The molecule has 0 bridgehead atoms. The normalized spacial score (nSPS) is 26.5. The van der Waals surface area contributed by atoms with Crippen LogP contribution in [0.15, 0.2) is 0 Å². The summed E-state index contributed by atoms with van der Waals surface area (Å²) in [4.78, 5) is 102. The topological polar surface area (TPSA) is 198 Å². The number of carbonyl (C=O) groups is 7. The van der Waals surface area contributed by atoms with Crippen LogP contribution in [0, 0.1) is 35.0 Å². The first-order valence-electron chi connectivity index (χ1n) is 21.1. The number of nitrogens with one attached hydrogen (secondary N) is 3. The van der Waals surface area contributed by atoms with E-state index in [1.54, 1.807) is 7.05 Å². The highest BCUT2D eigenvalue weighted by Gasteiger charge is 2.40. The highest BCUT2D eigenvalue weighted by molar-refractivity contribution is 5.97. The van der Waals surface area contributed by atoms with Gasteiger partial charge in [0.2, 0.25) is 29.5 Å². The molecule has 57 heavy (non-hydrogen) atoms. The summed E-state index contributed by atoms with van der Waals surface area (Å²) in [6.07, 6.45) is 5.97. The van der Waals surface area contributed by atoms with E-state index >= 15 is 0 Å². The zero-order valence-corrected chi connectivity index (χ0v) is 36.2. The molecule has 2 fully saturated rings. The van der Waals surface area contributed by atoms with Crippen LogP contribution in [0.4, 0.5) is 0 Å². The molecule has 0 aromatic carbocycles. The molecule has 0 aromatic rings. The predicted molar refractivity (Wildman–Crippen MR) is 216 cm³/mol. The van der Waals surface area contributed by atoms with Crippen LogP contribution in [0.25, 0.3) is 0 Å². The largest absolute Gasteiger partial charge is 0.451 e. The van der Waals surface area contributed by atoms with Gasteiger partial charge < -0.3 is 35.4 Å². The number of nitriles is 1. The molecule has 0 unspecified atom stereocenters. The number of hydrogen-bond acceptors (Lipinski definition) is 9. The Bertz CT molecular complexity index is 1420. The fourth-order valence-corrected chi connectivity index (χ4v) is 7.66. The minimum atomic E-state index is -1.44. The van der Waals surface area contributed by atoms with Crippen LogP contribution in [0.2, 0.25) is 0 Å². The second kappa shape index (κ2) is 23.9. The number of unbranched alkanes of at least 4 members (excludes halogenated alkanes) is 1. The van der Waals surface area contributed by atoms with Gasteiger partial charge in [0.1, 0.15) is 30.2 Å². The minimum absolute atomic E-state index is 0.0228. The summed E-state index contributed by atoms with van der Waals surface area (Å²) >= 11 is 0. The van der Waals surface area contributed by atoms with Gasteiger partial charge >= 0.3 is 5.97 Å². The second-order valence-corrected chi connectivity index (χ2v) is 17.2. The smallest absolute Gasteiger partial charge is 0.329 e. The Balaban J connectivity index is 2.72. The lowest BCUT2D eigenvalue weighted by molar-refractivity contribution is -0.163. The van der Waals surface area contributed by atoms with E-state index < -0.39 is 84.3 Å². The van der Waals surface area contributed by atoms with E-state index in [4.69, 9.17) is 4.74 Å². The van der Waals surface area contributed by atoms with E-state index in [0.29, 0.717) is 6.42 Å². The molecule has 1 saturated heterocycles. The molecule has 2 aliphatic rings. The summed E-state index contributed by atoms with van der Waals surface area (Å²) in [5.74, 6) is -4.21. The van der Waals surface area contributed by atoms with Gasteiger partial charge in [-0.1, -0.05) is 86.5 Å². The Morgan fingerprint density at radius 1 is 0.772 bits per heavy atom. The highest BCUT2D eigenvalue weighted by atomic mass is 16.5. The molecule has 15 heteroatoms. The maximum absolute atomic E-state index is 14.5. The van der Waals surface area contributed by atoms with Gasteiger partial charge in [0.15, 0.2) is 6.10 Å². The monoisotopic (exact) mass is 802 g/mol. The van der Waals surface area contributed by atoms with E-state index in [0.717, 1.165) is 44.9 Å². The molecule has 1 saturated carbocycles. The quantitative estimate of drug-likeness (QED) is 0.233. The Morgan fingerprint density at radius 3 is 1.89 bits per heavy atom. The van der Waals surface area contributed by atoms with Crippen molar-refractivity contribution in [2.75, 3.05) is 27.7 Å². The number of amides is 6. The summed E-state index contributed by atoms with van der Waals surface area (Å²) in [5.41, 5.74) is 0. The van der Waals surface area contributed by atoms with Crippen molar-refractivity contribution in [1.29, 1.82) is 5.26 Å². The molecule has 6 amide bonds. The van der Waals surface area contributed by atoms with Gasteiger partial charge in [-0.2, -0.15) is 5.26 Å². The summed E-state index contributed by atoms with van der Waals surface area (Å²) in [7, 11) is 4.44. The molecular formula is C42H71N7O8. The van der Waals surface area contributed by atoms with Crippen LogP contribution < -0.4 is 16.0 Å². The SMILES string of the molecule is CCCC[C@@H](C)C[C@@H]1NC(=O)[C@H](CC2CCCC2)N(C)C(=O)[C@H](CC(C)C)NC(=O)[C@H](CC(C)C)N(C)C(=O)CNC(=O)[C@@H](CCC#N)OC(=O)[C@H](C)N(C)C1=O. The van der Waals surface area contributed by atoms with Crippen molar-refractivity contribution in [2.24, 2.45) is 23.7 Å². The van der Waals surface area contributed by atoms with Crippen LogP contribution in [0.1, 0.15) is 132 Å². The lowest BCUT2D eigenvalue weighted by atomic mass is 9.93. The molecule has 0 spiro atoms. The van der Waals surface area contributed by atoms with Gasteiger partial charge in [-0.05, 0) is 56.3 Å². The highest BCUT2D eigenvalue weighted by Crippen LogP contribution is 2.30. The predicted octanol–water partition coefficient (Wildman–Crippen LogP) is 3.69. The van der Waals surface area contributed by atoms with Crippen molar-refractivity contribution in [2.45, 2.75) is 168 Å². The Hall–Kier alpha value is -4.22. The first-order chi connectivity index (χ1) is 26.8.